The maximum atomic E-state index is 13.5. The summed E-state index contributed by atoms with van der Waals surface area (Å²) < 4.78 is 13.5. The van der Waals surface area contributed by atoms with Crippen LogP contribution in [0.5, 0.6) is 0 Å². The summed E-state index contributed by atoms with van der Waals surface area (Å²) in [5, 5.41) is 5.46. The summed E-state index contributed by atoms with van der Waals surface area (Å²) in [6.45, 7) is 2.22. The average Bonchev–Trinajstić information content (AvgIpc) is 3.36. The zero-order valence-corrected chi connectivity index (χ0v) is 19.8. The number of benzene rings is 3. The number of rotatable bonds is 9. The molecule has 1 fully saturated rings. The summed E-state index contributed by atoms with van der Waals surface area (Å²) in [4.78, 5) is 28.4. The van der Waals surface area contributed by atoms with Crippen molar-refractivity contribution in [3.63, 3.8) is 0 Å². The third-order valence-electron chi connectivity index (χ3n) is 6.84. The highest BCUT2D eigenvalue weighted by molar-refractivity contribution is 5.89. The van der Waals surface area contributed by atoms with Crippen LogP contribution in [-0.4, -0.2) is 28.8 Å². The summed E-state index contributed by atoms with van der Waals surface area (Å²) in [5.74, 6) is -0.468. The number of carbonyl (C=O) groups excluding carboxylic acids is 2. The zero-order valence-electron chi connectivity index (χ0n) is 19.8. The Labute approximate surface area is 201 Å². The molecule has 4 rings (SSSR count). The lowest BCUT2D eigenvalue weighted by Gasteiger charge is -2.31. The molecule has 178 valence electrons. The van der Waals surface area contributed by atoms with E-state index >= 15 is 0 Å². The Bertz CT molecular complexity index is 1120. The predicted molar refractivity (Wildman–Crippen MR) is 134 cm³/mol. The first-order valence-electron chi connectivity index (χ1n) is 12.4. The molecule has 1 aliphatic rings. The summed E-state index contributed by atoms with van der Waals surface area (Å²) in [7, 11) is 0. The highest BCUT2D eigenvalue weighted by Gasteiger charge is 2.30. The van der Waals surface area contributed by atoms with Crippen molar-refractivity contribution in [1.29, 1.82) is 0 Å². The van der Waals surface area contributed by atoms with E-state index in [0.29, 0.717) is 19.3 Å². The molecule has 0 aromatic heterocycles. The summed E-state index contributed by atoms with van der Waals surface area (Å²) in [6.07, 6.45) is 5.68. The van der Waals surface area contributed by atoms with Gasteiger partial charge in [-0.1, -0.05) is 74.4 Å². The Morgan fingerprint density at radius 2 is 1.71 bits per heavy atom. The lowest BCUT2D eigenvalue weighted by molar-refractivity contribution is -0.141. The van der Waals surface area contributed by atoms with E-state index in [1.165, 1.54) is 12.1 Å². The highest BCUT2D eigenvalue weighted by Crippen LogP contribution is 2.22. The van der Waals surface area contributed by atoms with Crippen molar-refractivity contribution in [2.45, 2.75) is 70.5 Å². The van der Waals surface area contributed by atoms with Gasteiger partial charge in [0, 0.05) is 19.0 Å². The molecule has 3 aromatic rings. The van der Waals surface area contributed by atoms with Crippen molar-refractivity contribution in [3.8, 4) is 0 Å². The van der Waals surface area contributed by atoms with Crippen molar-refractivity contribution in [2.24, 2.45) is 0 Å². The van der Waals surface area contributed by atoms with Crippen LogP contribution in [0.2, 0.25) is 0 Å². The Kier molecular flexibility index (Phi) is 7.94. The monoisotopic (exact) mass is 460 g/mol. The quantitative estimate of drug-likeness (QED) is 0.440. The van der Waals surface area contributed by atoms with Crippen molar-refractivity contribution in [1.82, 2.24) is 10.2 Å². The van der Waals surface area contributed by atoms with E-state index < -0.39 is 6.04 Å². The largest absolute Gasteiger partial charge is 0.352 e. The molecular weight excluding hydrogens is 427 g/mol. The standard InChI is InChI=1S/C29H33FN2O2/c1-2-27(29(34)31-25-11-4-5-12-25)32(20-21-14-17-24(30)18-15-21)28(33)19-16-23-10-7-9-22-8-3-6-13-26(22)23/h3,6-10,13-15,17-18,25,27H,2,4-5,11-12,16,19-20H2,1H3,(H,31,34)/t27-/m1/s1. The molecule has 1 N–H and O–H groups in total. The van der Waals surface area contributed by atoms with E-state index in [-0.39, 0.29) is 30.2 Å². The van der Waals surface area contributed by atoms with Crippen LogP contribution in [0.1, 0.15) is 56.6 Å². The number of nitrogens with one attached hydrogen (secondary N) is 1. The average molecular weight is 461 g/mol. The number of fused-ring (bicyclic) bond motifs is 1. The van der Waals surface area contributed by atoms with E-state index in [9.17, 15) is 14.0 Å². The minimum atomic E-state index is -0.550. The van der Waals surface area contributed by atoms with E-state index in [4.69, 9.17) is 0 Å². The van der Waals surface area contributed by atoms with Crippen LogP contribution in [0.4, 0.5) is 4.39 Å². The summed E-state index contributed by atoms with van der Waals surface area (Å²) in [5.41, 5.74) is 1.93. The molecule has 3 aromatic carbocycles. The molecule has 0 heterocycles. The maximum Gasteiger partial charge on any atom is 0.243 e. The van der Waals surface area contributed by atoms with Gasteiger partial charge in [-0.25, -0.2) is 4.39 Å². The Balaban J connectivity index is 1.53. The topological polar surface area (TPSA) is 49.4 Å². The minimum Gasteiger partial charge on any atom is -0.352 e. The molecule has 0 bridgehead atoms. The first kappa shape index (κ1) is 23.9. The first-order valence-corrected chi connectivity index (χ1v) is 12.4. The molecule has 0 aliphatic heterocycles. The lowest BCUT2D eigenvalue weighted by Crippen LogP contribution is -2.51. The van der Waals surface area contributed by atoms with Crippen LogP contribution in [0.15, 0.2) is 66.7 Å². The van der Waals surface area contributed by atoms with Gasteiger partial charge >= 0.3 is 0 Å². The number of aryl methyl sites for hydroxylation is 1. The van der Waals surface area contributed by atoms with Crippen LogP contribution >= 0.6 is 0 Å². The van der Waals surface area contributed by atoms with Gasteiger partial charge in [-0.15, -0.1) is 0 Å². The molecule has 4 nitrogen and oxygen atoms in total. The number of hydrogen-bond donors (Lipinski definition) is 1. The smallest absolute Gasteiger partial charge is 0.243 e. The second kappa shape index (κ2) is 11.3. The normalized spacial score (nSPS) is 14.8. The van der Waals surface area contributed by atoms with Gasteiger partial charge < -0.3 is 10.2 Å². The lowest BCUT2D eigenvalue weighted by atomic mass is 10.00. The molecule has 1 aliphatic carbocycles. The van der Waals surface area contributed by atoms with Crippen LogP contribution in [0.3, 0.4) is 0 Å². The fraction of sp³-hybridized carbons (Fsp3) is 0.379. The second-order valence-corrected chi connectivity index (χ2v) is 9.20. The van der Waals surface area contributed by atoms with E-state index in [2.05, 4.69) is 29.6 Å². The minimum absolute atomic E-state index is 0.0642. The van der Waals surface area contributed by atoms with Crippen molar-refractivity contribution in [3.05, 3.63) is 83.7 Å². The van der Waals surface area contributed by atoms with E-state index in [1.807, 2.05) is 25.1 Å². The van der Waals surface area contributed by atoms with Crippen LogP contribution in [0.25, 0.3) is 10.8 Å². The molecule has 0 spiro atoms. The molecule has 34 heavy (non-hydrogen) atoms. The predicted octanol–water partition coefficient (Wildman–Crippen LogP) is 5.78. The SMILES string of the molecule is CC[C@H](C(=O)NC1CCCC1)N(Cc1ccc(F)cc1)C(=O)CCc1cccc2ccccc12. The molecule has 0 saturated heterocycles. The van der Waals surface area contributed by atoms with Crippen molar-refractivity contribution in [2.75, 3.05) is 0 Å². The van der Waals surface area contributed by atoms with E-state index in [1.54, 1.807) is 17.0 Å². The van der Waals surface area contributed by atoms with Crippen LogP contribution in [0, 0.1) is 5.82 Å². The molecular formula is C29H33FN2O2. The van der Waals surface area contributed by atoms with Gasteiger partial charge in [-0.05, 0) is 59.7 Å². The Morgan fingerprint density at radius 1 is 1.00 bits per heavy atom. The number of amides is 2. The van der Waals surface area contributed by atoms with Crippen LogP contribution in [-0.2, 0) is 22.6 Å². The van der Waals surface area contributed by atoms with Gasteiger partial charge in [0.05, 0.1) is 0 Å². The maximum absolute atomic E-state index is 13.5. The Morgan fingerprint density at radius 3 is 2.44 bits per heavy atom. The van der Waals surface area contributed by atoms with Gasteiger partial charge in [0.15, 0.2) is 0 Å². The Hall–Kier alpha value is -3.21. The number of nitrogens with zero attached hydrogens (tertiary/aromatic N) is 1. The highest BCUT2D eigenvalue weighted by atomic mass is 19.1. The third kappa shape index (κ3) is 5.82. The zero-order chi connectivity index (χ0) is 23.9. The first-order chi connectivity index (χ1) is 16.5. The van der Waals surface area contributed by atoms with Crippen molar-refractivity contribution >= 4 is 22.6 Å². The number of hydrogen-bond acceptors (Lipinski definition) is 2. The fourth-order valence-electron chi connectivity index (χ4n) is 4.97. The van der Waals surface area contributed by atoms with Gasteiger partial charge in [-0.2, -0.15) is 0 Å². The molecule has 1 atom stereocenters. The van der Waals surface area contributed by atoms with Gasteiger partial charge in [0.25, 0.3) is 0 Å². The van der Waals surface area contributed by atoms with Gasteiger partial charge in [-0.3, -0.25) is 9.59 Å². The van der Waals surface area contributed by atoms with Gasteiger partial charge in [0.1, 0.15) is 11.9 Å². The second-order valence-electron chi connectivity index (χ2n) is 9.20. The van der Waals surface area contributed by atoms with E-state index in [0.717, 1.165) is 47.6 Å². The number of carbonyl (C=O) groups is 2. The summed E-state index contributed by atoms with van der Waals surface area (Å²) in [6, 6.07) is 20.1. The molecule has 0 unspecified atom stereocenters. The molecule has 1 saturated carbocycles. The number of halogens is 1. The van der Waals surface area contributed by atoms with Crippen molar-refractivity contribution < 1.29 is 14.0 Å². The molecule has 0 radical (unpaired) electrons. The molecule has 2 amide bonds. The van der Waals surface area contributed by atoms with Gasteiger partial charge in [0.2, 0.25) is 11.8 Å². The van der Waals surface area contributed by atoms with Crippen LogP contribution < -0.4 is 5.32 Å². The molecule has 5 heteroatoms. The fourth-order valence-corrected chi connectivity index (χ4v) is 4.97. The third-order valence-corrected chi connectivity index (χ3v) is 6.84. The summed E-state index contributed by atoms with van der Waals surface area (Å²) >= 11 is 0.